The number of nitrogens with zero attached hydrogens (tertiary/aromatic N) is 3. The molecule has 1 N–H and O–H groups in total. The largest absolute Gasteiger partial charge is 0.495 e. The number of nitro groups is 1. The molecule has 1 aliphatic heterocycles. The summed E-state index contributed by atoms with van der Waals surface area (Å²) in [5.74, 6) is -0.631. The van der Waals surface area contributed by atoms with Crippen LogP contribution < -0.4 is 10.1 Å². The molecule has 2 aromatic rings. The number of anilines is 1. The van der Waals surface area contributed by atoms with Crippen LogP contribution in [0, 0.1) is 15.9 Å². The fourth-order valence-corrected chi connectivity index (χ4v) is 5.08. The smallest absolute Gasteiger partial charge is 0.271 e. The molecule has 0 aliphatic carbocycles. The summed E-state index contributed by atoms with van der Waals surface area (Å²) in [4.78, 5) is 25.2. The van der Waals surface area contributed by atoms with Gasteiger partial charge in [0.05, 0.1) is 28.7 Å². The maximum Gasteiger partial charge on any atom is 0.271 e. The first-order valence-electron chi connectivity index (χ1n) is 10.3. The number of carbonyl (C=O) groups excluding carboxylic acids is 1. The lowest BCUT2D eigenvalue weighted by Gasteiger charge is -2.27. The second kappa shape index (κ2) is 10.2. The monoisotopic (exact) mass is 480 g/mol. The fourth-order valence-electron chi connectivity index (χ4n) is 3.61. The Balaban J connectivity index is 1.69. The molecule has 1 heterocycles. The zero-order valence-corrected chi connectivity index (χ0v) is 19.0. The van der Waals surface area contributed by atoms with Crippen molar-refractivity contribution in [3.8, 4) is 5.75 Å². The van der Waals surface area contributed by atoms with E-state index < -0.39 is 32.7 Å². The van der Waals surface area contributed by atoms with Crippen LogP contribution in [-0.2, 0) is 14.8 Å². The van der Waals surface area contributed by atoms with Crippen molar-refractivity contribution in [3.63, 3.8) is 0 Å². The molecule has 1 amide bonds. The molecule has 1 fully saturated rings. The van der Waals surface area contributed by atoms with E-state index in [0.29, 0.717) is 19.5 Å². The molecule has 12 heteroatoms. The average Bonchev–Trinajstić information content (AvgIpc) is 3.05. The number of benzene rings is 2. The Morgan fingerprint density at radius 3 is 2.48 bits per heavy atom. The van der Waals surface area contributed by atoms with Crippen molar-refractivity contribution in [3.05, 3.63) is 58.4 Å². The first kappa shape index (κ1) is 24.6. The predicted molar refractivity (Wildman–Crippen MR) is 119 cm³/mol. The highest BCUT2D eigenvalue weighted by Gasteiger charge is 2.30. The van der Waals surface area contributed by atoms with E-state index in [1.807, 2.05) is 4.90 Å². The molecule has 0 spiro atoms. The van der Waals surface area contributed by atoms with E-state index in [2.05, 4.69) is 5.32 Å². The normalized spacial score (nSPS) is 16.6. The van der Waals surface area contributed by atoms with Crippen molar-refractivity contribution >= 4 is 27.3 Å². The van der Waals surface area contributed by atoms with E-state index >= 15 is 0 Å². The van der Waals surface area contributed by atoms with Gasteiger partial charge in [0.25, 0.3) is 5.69 Å². The van der Waals surface area contributed by atoms with Crippen molar-refractivity contribution in [2.24, 2.45) is 0 Å². The topological polar surface area (TPSA) is 122 Å². The number of carbonyl (C=O) groups is 1. The van der Waals surface area contributed by atoms with Gasteiger partial charge in [-0.1, -0.05) is 0 Å². The molecule has 178 valence electrons. The van der Waals surface area contributed by atoms with Crippen LogP contribution in [0.15, 0.2) is 47.4 Å². The summed E-state index contributed by atoms with van der Waals surface area (Å²) in [5.41, 5.74) is -0.00551. The minimum absolute atomic E-state index is 0.0147. The number of rotatable bonds is 7. The molecular weight excluding hydrogens is 455 g/mol. The van der Waals surface area contributed by atoms with Gasteiger partial charge in [0.15, 0.2) is 0 Å². The Hall–Kier alpha value is -3.09. The quantitative estimate of drug-likeness (QED) is 0.477. The third kappa shape index (κ3) is 5.64. The fraction of sp³-hybridized carbons (Fsp3) is 0.381. The molecule has 1 saturated heterocycles. The Labute approximate surface area is 191 Å². The number of hydrogen-bond acceptors (Lipinski definition) is 7. The number of nitrogens with one attached hydrogen (secondary N) is 1. The van der Waals surface area contributed by atoms with Crippen molar-refractivity contribution in [1.82, 2.24) is 9.21 Å². The van der Waals surface area contributed by atoms with Crippen LogP contribution in [0.3, 0.4) is 0 Å². The van der Waals surface area contributed by atoms with Crippen LogP contribution in [0.2, 0.25) is 0 Å². The third-order valence-electron chi connectivity index (χ3n) is 5.52. The molecule has 1 atom stereocenters. The van der Waals surface area contributed by atoms with Gasteiger partial charge in [-0.3, -0.25) is 19.8 Å². The molecule has 1 aliphatic rings. The number of hydrogen-bond donors (Lipinski definition) is 1. The highest BCUT2D eigenvalue weighted by atomic mass is 32.2. The number of halogens is 1. The van der Waals surface area contributed by atoms with Crippen molar-refractivity contribution in [2.75, 3.05) is 38.6 Å². The highest BCUT2D eigenvalue weighted by molar-refractivity contribution is 7.89. The van der Waals surface area contributed by atoms with E-state index in [1.54, 1.807) is 6.92 Å². The second-order valence-corrected chi connectivity index (χ2v) is 9.49. The number of methoxy groups -OCH3 is 1. The van der Waals surface area contributed by atoms with E-state index in [1.165, 1.54) is 41.7 Å². The highest BCUT2D eigenvalue weighted by Crippen LogP contribution is 2.29. The van der Waals surface area contributed by atoms with Crippen LogP contribution in [0.25, 0.3) is 0 Å². The van der Waals surface area contributed by atoms with Gasteiger partial charge in [0, 0.05) is 38.3 Å². The van der Waals surface area contributed by atoms with Crippen LogP contribution in [0.4, 0.5) is 15.8 Å². The summed E-state index contributed by atoms with van der Waals surface area (Å²) < 4.78 is 45.5. The number of ether oxygens (including phenoxy) is 1. The first-order chi connectivity index (χ1) is 15.6. The van der Waals surface area contributed by atoms with Crippen molar-refractivity contribution < 1.29 is 27.3 Å². The van der Waals surface area contributed by atoms with Gasteiger partial charge in [0.1, 0.15) is 11.6 Å². The lowest BCUT2D eigenvalue weighted by molar-refractivity contribution is -0.384. The molecule has 10 nitrogen and oxygen atoms in total. The van der Waals surface area contributed by atoms with E-state index in [-0.39, 0.29) is 35.1 Å². The number of sulfonamides is 1. The molecule has 3 rings (SSSR count). The molecule has 0 radical (unpaired) electrons. The number of nitro benzene ring substituents is 1. The van der Waals surface area contributed by atoms with Gasteiger partial charge < -0.3 is 10.1 Å². The van der Waals surface area contributed by atoms with Gasteiger partial charge in [-0.15, -0.1) is 0 Å². The minimum atomic E-state index is -3.78. The van der Waals surface area contributed by atoms with Crippen LogP contribution >= 0.6 is 0 Å². The molecular formula is C21H25FN4O6S. The Kier molecular flexibility index (Phi) is 7.61. The molecule has 33 heavy (non-hydrogen) atoms. The maximum atomic E-state index is 13.2. The van der Waals surface area contributed by atoms with Crippen molar-refractivity contribution in [1.29, 1.82) is 0 Å². The SMILES string of the molecule is COc1ccc([N+](=O)[O-])cc1NC(=O)[C@@H](C)N1CCCN(S(=O)(=O)c2ccc(F)cc2)CC1. The minimum Gasteiger partial charge on any atom is -0.495 e. The van der Waals surface area contributed by atoms with Crippen molar-refractivity contribution in [2.45, 2.75) is 24.3 Å². The standard InChI is InChI=1S/C21H25FN4O6S/c1-15(21(27)23-19-14-17(26(28)29)6-9-20(19)32-2)24-10-3-11-25(13-12-24)33(30,31)18-7-4-16(22)5-8-18/h4-9,14-15H,3,10-13H2,1-2H3,(H,23,27)/t15-/m1/s1. The zero-order valence-electron chi connectivity index (χ0n) is 18.2. The summed E-state index contributed by atoms with van der Waals surface area (Å²) >= 11 is 0. The van der Waals surface area contributed by atoms with Crippen LogP contribution in [-0.4, -0.2) is 67.8 Å². The number of amides is 1. The molecule has 0 aromatic heterocycles. The van der Waals surface area contributed by atoms with Gasteiger partial charge >= 0.3 is 0 Å². The predicted octanol–water partition coefficient (Wildman–Crippen LogP) is 2.47. The number of non-ortho nitro benzene ring substituents is 1. The summed E-state index contributed by atoms with van der Waals surface area (Å²) in [5, 5.41) is 13.7. The van der Waals surface area contributed by atoms with Gasteiger partial charge in [-0.05, 0) is 43.7 Å². The van der Waals surface area contributed by atoms with Crippen LogP contribution in [0.1, 0.15) is 13.3 Å². The molecule has 0 bridgehead atoms. The first-order valence-corrected chi connectivity index (χ1v) is 11.7. The van der Waals surface area contributed by atoms with Crippen LogP contribution in [0.5, 0.6) is 5.75 Å². The molecule has 0 saturated carbocycles. The second-order valence-electron chi connectivity index (χ2n) is 7.55. The zero-order chi connectivity index (χ0) is 24.2. The maximum absolute atomic E-state index is 13.2. The lowest BCUT2D eigenvalue weighted by atomic mass is 10.2. The Morgan fingerprint density at radius 1 is 1.15 bits per heavy atom. The third-order valence-corrected chi connectivity index (χ3v) is 7.43. The van der Waals surface area contributed by atoms with Gasteiger partial charge in [-0.25, -0.2) is 12.8 Å². The average molecular weight is 481 g/mol. The Bertz CT molecular complexity index is 1130. The molecule has 0 unspecified atom stereocenters. The lowest BCUT2D eigenvalue weighted by Crippen LogP contribution is -2.44. The summed E-state index contributed by atoms with van der Waals surface area (Å²) in [6.45, 7) is 2.90. The summed E-state index contributed by atoms with van der Waals surface area (Å²) in [6.07, 6.45) is 0.498. The van der Waals surface area contributed by atoms with Gasteiger partial charge in [0.2, 0.25) is 15.9 Å². The molecule has 2 aromatic carbocycles. The summed E-state index contributed by atoms with van der Waals surface area (Å²) in [6, 6.07) is 7.96. The van der Waals surface area contributed by atoms with E-state index in [0.717, 1.165) is 12.1 Å². The van der Waals surface area contributed by atoms with Gasteiger partial charge in [-0.2, -0.15) is 4.31 Å². The summed E-state index contributed by atoms with van der Waals surface area (Å²) in [7, 11) is -2.39. The van der Waals surface area contributed by atoms with E-state index in [9.17, 15) is 27.7 Å². The Morgan fingerprint density at radius 2 is 1.85 bits per heavy atom. The van der Waals surface area contributed by atoms with E-state index in [4.69, 9.17) is 4.74 Å².